The van der Waals surface area contributed by atoms with Gasteiger partial charge >= 0.3 is 5.97 Å². The standard InChI is InChI=1S/C8H14O5/c1-10-2-3-11-7(9)6-8-12-4-5-13-8/h8H,2-6H2,1H3. The quantitative estimate of drug-likeness (QED) is 0.449. The van der Waals surface area contributed by atoms with Crippen LogP contribution in [0.15, 0.2) is 0 Å². The highest BCUT2D eigenvalue weighted by molar-refractivity contribution is 5.69. The van der Waals surface area contributed by atoms with Gasteiger partial charge in [-0.2, -0.15) is 0 Å². The molecule has 1 aliphatic rings. The van der Waals surface area contributed by atoms with Crippen molar-refractivity contribution in [2.75, 3.05) is 33.5 Å². The molecule has 1 heterocycles. The maximum absolute atomic E-state index is 11.0. The number of hydrogen-bond acceptors (Lipinski definition) is 5. The van der Waals surface area contributed by atoms with Crippen LogP contribution in [-0.4, -0.2) is 45.8 Å². The van der Waals surface area contributed by atoms with E-state index in [-0.39, 0.29) is 19.0 Å². The molecule has 0 radical (unpaired) electrons. The number of hydrogen-bond donors (Lipinski definition) is 0. The molecular weight excluding hydrogens is 176 g/mol. The maximum atomic E-state index is 11.0. The summed E-state index contributed by atoms with van der Waals surface area (Å²) in [5.74, 6) is -0.316. The molecule has 1 aliphatic heterocycles. The molecule has 0 atom stereocenters. The van der Waals surface area contributed by atoms with Crippen LogP contribution in [0.4, 0.5) is 0 Å². The average Bonchev–Trinajstić information content (AvgIpc) is 2.57. The molecule has 0 aromatic rings. The normalized spacial score (nSPS) is 17.6. The Bertz CT molecular complexity index is 153. The van der Waals surface area contributed by atoms with Crippen molar-refractivity contribution in [3.63, 3.8) is 0 Å². The zero-order chi connectivity index (χ0) is 9.52. The second-order valence-electron chi connectivity index (χ2n) is 2.59. The molecule has 13 heavy (non-hydrogen) atoms. The molecule has 0 unspecified atom stereocenters. The number of rotatable bonds is 5. The lowest BCUT2D eigenvalue weighted by atomic mass is 10.4. The summed E-state index contributed by atoms with van der Waals surface area (Å²) in [5, 5.41) is 0. The zero-order valence-electron chi connectivity index (χ0n) is 7.65. The molecule has 1 fully saturated rings. The van der Waals surface area contributed by atoms with E-state index in [9.17, 15) is 4.79 Å². The third-order valence-electron chi connectivity index (χ3n) is 1.57. The van der Waals surface area contributed by atoms with Crippen molar-refractivity contribution in [3.8, 4) is 0 Å². The van der Waals surface area contributed by atoms with E-state index in [1.807, 2.05) is 0 Å². The molecule has 1 rings (SSSR count). The van der Waals surface area contributed by atoms with E-state index in [1.165, 1.54) is 0 Å². The molecule has 0 aromatic heterocycles. The fourth-order valence-corrected chi connectivity index (χ4v) is 0.959. The van der Waals surface area contributed by atoms with E-state index >= 15 is 0 Å². The number of carbonyl (C=O) groups is 1. The summed E-state index contributed by atoms with van der Waals surface area (Å²) in [7, 11) is 1.55. The fraction of sp³-hybridized carbons (Fsp3) is 0.875. The van der Waals surface area contributed by atoms with Crippen molar-refractivity contribution in [2.45, 2.75) is 12.7 Å². The first-order valence-corrected chi connectivity index (χ1v) is 4.20. The minimum Gasteiger partial charge on any atom is -0.463 e. The van der Waals surface area contributed by atoms with Gasteiger partial charge in [-0.3, -0.25) is 4.79 Å². The summed E-state index contributed by atoms with van der Waals surface area (Å²) < 4.78 is 19.7. The van der Waals surface area contributed by atoms with Crippen molar-refractivity contribution in [3.05, 3.63) is 0 Å². The highest BCUT2D eigenvalue weighted by atomic mass is 16.7. The smallest absolute Gasteiger partial charge is 0.311 e. The van der Waals surface area contributed by atoms with Gasteiger partial charge in [0.1, 0.15) is 6.61 Å². The zero-order valence-corrected chi connectivity index (χ0v) is 7.65. The first-order chi connectivity index (χ1) is 6.33. The van der Waals surface area contributed by atoms with Gasteiger partial charge in [0, 0.05) is 7.11 Å². The molecule has 0 spiro atoms. The van der Waals surface area contributed by atoms with Crippen LogP contribution in [0.5, 0.6) is 0 Å². The summed E-state index contributed by atoms with van der Waals surface area (Å²) in [6.45, 7) is 1.80. The van der Waals surface area contributed by atoms with Gasteiger partial charge in [0.2, 0.25) is 0 Å². The lowest BCUT2D eigenvalue weighted by Crippen LogP contribution is -2.18. The SMILES string of the molecule is COCCOC(=O)CC1OCCO1. The minimum absolute atomic E-state index is 0.156. The van der Waals surface area contributed by atoms with E-state index in [2.05, 4.69) is 0 Å². The number of esters is 1. The largest absolute Gasteiger partial charge is 0.463 e. The summed E-state index contributed by atoms with van der Waals surface area (Å²) in [5.41, 5.74) is 0. The predicted octanol–water partition coefficient (Wildman–Crippen LogP) is -0.0610. The molecular formula is C8H14O5. The highest BCUT2D eigenvalue weighted by Crippen LogP contribution is 2.08. The van der Waals surface area contributed by atoms with Crippen LogP contribution in [0, 0.1) is 0 Å². The molecule has 5 nitrogen and oxygen atoms in total. The summed E-state index contributed by atoms with van der Waals surface area (Å²) >= 11 is 0. The molecule has 0 bridgehead atoms. The Balaban J connectivity index is 2.02. The number of methoxy groups -OCH3 is 1. The van der Waals surface area contributed by atoms with Crippen molar-refractivity contribution in [1.82, 2.24) is 0 Å². The Hall–Kier alpha value is -0.650. The average molecular weight is 190 g/mol. The second-order valence-corrected chi connectivity index (χ2v) is 2.59. The molecule has 0 saturated carbocycles. The van der Waals surface area contributed by atoms with Crippen LogP contribution in [0.3, 0.4) is 0 Å². The van der Waals surface area contributed by atoms with Crippen LogP contribution in [0.2, 0.25) is 0 Å². The van der Waals surface area contributed by atoms with Gasteiger partial charge in [0.25, 0.3) is 0 Å². The maximum Gasteiger partial charge on any atom is 0.311 e. The summed E-state index contributed by atoms with van der Waals surface area (Å²) in [4.78, 5) is 11.0. The van der Waals surface area contributed by atoms with Crippen LogP contribution in [-0.2, 0) is 23.7 Å². The molecule has 1 saturated heterocycles. The monoisotopic (exact) mass is 190 g/mol. The van der Waals surface area contributed by atoms with Gasteiger partial charge in [-0.1, -0.05) is 0 Å². The van der Waals surface area contributed by atoms with Gasteiger partial charge in [0.15, 0.2) is 6.29 Å². The minimum atomic E-state index is -0.421. The Morgan fingerprint density at radius 2 is 2.08 bits per heavy atom. The van der Waals surface area contributed by atoms with E-state index in [0.29, 0.717) is 19.8 Å². The summed E-state index contributed by atoms with van der Waals surface area (Å²) in [6, 6.07) is 0. The first-order valence-electron chi connectivity index (χ1n) is 4.20. The lowest BCUT2D eigenvalue weighted by Gasteiger charge is -2.08. The Kier molecular flexibility index (Phi) is 4.74. The number of ether oxygens (including phenoxy) is 4. The third kappa shape index (κ3) is 4.21. The van der Waals surface area contributed by atoms with E-state index < -0.39 is 6.29 Å². The Labute approximate surface area is 76.9 Å². The molecule has 0 amide bonds. The molecule has 0 aliphatic carbocycles. The van der Waals surface area contributed by atoms with Crippen molar-refractivity contribution >= 4 is 5.97 Å². The lowest BCUT2D eigenvalue weighted by molar-refractivity contribution is -0.153. The molecule has 76 valence electrons. The fourth-order valence-electron chi connectivity index (χ4n) is 0.959. The van der Waals surface area contributed by atoms with Crippen molar-refractivity contribution in [2.24, 2.45) is 0 Å². The molecule has 0 aromatic carbocycles. The number of carbonyl (C=O) groups excluding carboxylic acids is 1. The van der Waals surface area contributed by atoms with Gasteiger partial charge in [-0.25, -0.2) is 0 Å². The summed E-state index contributed by atoms with van der Waals surface area (Å²) in [6.07, 6.45) is -0.265. The van der Waals surface area contributed by atoms with Crippen molar-refractivity contribution in [1.29, 1.82) is 0 Å². The topological polar surface area (TPSA) is 54.0 Å². The van der Waals surface area contributed by atoms with Crippen LogP contribution < -0.4 is 0 Å². The molecule has 0 N–H and O–H groups in total. The van der Waals surface area contributed by atoms with Crippen LogP contribution in [0.25, 0.3) is 0 Å². The predicted molar refractivity (Wildman–Crippen MR) is 43.1 cm³/mol. The van der Waals surface area contributed by atoms with Crippen molar-refractivity contribution < 1.29 is 23.7 Å². The van der Waals surface area contributed by atoms with Crippen LogP contribution >= 0.6 is 0 Å². The highest BCUT2D eigenvalue weighted by Gasteiger charge is 2.20. The van der Waals surface area contributed by atoms with E-state index in [0.717, 1.165) is 0 Å². The van der Waals surface area contributed by atoms with Gasteiger partial charge in [0.05, 0.1) is 26.2 Å². The first kappa shape index (κ1) is 10.4. The Morgan fingerprint density at radius 1 is 1.38 bits per heavy atom. The second kappa shape index (κ2) is 5.90. The van der Waals surface area contributed by atoms with E-state index in [1.54, 1.807) is 7.11 Å². The third-order valence-corrected chi connectivity index (χ3v) is 1.57. The van der Waals surface area contributed by atoms with Gasteiger partial charge in [-0.05, 0) is 0 Å². The van der Waals surface area contributed by atoms with Gasteiger partial charge < -0.3 is 18.9 Å². The van der Waals surface area contributed by atoms with Crippen LogP contribution in [0.1, 0.15) is 6.42 Å². The molecule has 5 heteroatoms. The Morgan fingerprint density at radius 3 is 2.69 bits per heavy atom. The van der Waals surface area contributed by atoms with E-state index in [4.69, 9.17) is 18.9 Å². The van der Waals surface area contributed by atoms with Gasteiger partial charge in [-0.15, -0.1) is 0 Å².